The first-order valence-corrected chi connectivity index (χ1v) is 1.64. The molecular formula is C4H5N2O. The van der Waals surface area contributed by atoms with Gasteiger partial charge in [-0.15, -0.1) is 0 Å². The molecule has 0 spiro atoms. The number of nitriles is 1. The molecule has 0 aliphatic carbocycles. The molecule has 0 atom stereocenters. The lowest BCUT2D eigenvalue weighted by Crippen LogP contribution is -1.84. The van der Waals surface area contributed by atoms with Gasteiger partial charge in [0, 0.05) is 6.92 Å². The summed E-state index contributed by atoms with van der Waals surface area (Å²) in [4.78, 5) is 4.20. The van der Waals surface area contributed by atoms with Gasteiger partial charge in [0.2, 0.25) is 0 Å². The van der Waals surface area contributed by atoms with Crippen LogP contribution in [0.5, 0.6) is 0 Å². The molecule has 0 aromatic rings. The molecule has 37 valence electrons. The summed E-state index contributed by atoms with van der Waals surface area (Å²) in [6, 6.07) is 1.68. The lowest BCUT2D eigenvalue weighted by molar-refractivity contribution is 0.214. The highest BCUT2D eigenvalue weighted by Gasteiger charge is 1.79. The van der Waals surface area contributed by atoms with E-state index in [4.69, 9.17) is 5.26 Å². The van der Waals surface area contributed by atoms with Gasteiger partial charge in [-0.05, 0) is 0 Å². The topological polar surface area (TPSA) is 45.4 Å². The molecule has 0 N–H and O–H groups in total. The summed E-state index contributed by atoms with van der Waals surface area (Å²) in [6.45, 7) is 3.21. The molecule has 0 heterocycles. The third kappa shape index (κ3) is 2.77. The molecule has 0 saturated heterocycles. The largest absolute Gasteiger partial charge is 0.398 e. The molecule has 0 aliphatic rings. The summed E-state index contributed by atoms with van der Waals surface area (Å²) in [5, 5.41) is 11.1. The molecule has 7 heavy (non-hydrogen) atoms. The van der Waals surface area contributed by atoms with E-state index in [0.29, 0.717) is 0 Å². The first kappa shape index (κ1) is 5.96. The maximum absolute atomic E-state index is 7.94. The van der Waals surface area contributed by atoms with Crippen LogP contribution in [-0.4, -0.2) is 12.8 Å². The van der Waals surface area contributed by atoms with Gasteiger partial charge in [-0.2, -0.15) is 5.26 Å². The van der Waals surface area contributed by atoms with Gasteiger partial charge in [-0.25, -0.2) is 0 Å². The minimum atomic E-state index is 0.0856. The molecule has 0 aromatic carbocycles. The number of oxime groups is 1. The first-order valence-electron chi connectivity index (χ1n) is 1.64. The van der Waals surface area contributed by atoms with Crippen LogP contribution >= 0.6 is 0 Å². The van der Waals surface area contributed by atoms with E-state index < -0.39 is 0 Å². The highest BCUT2D eigenvalue weighted by atomic mass is 16.6. The van der Waals surface area contributed by atoms with Gasteiger partial charge in [0.15, 0.2) is 5.71 Å². The van der Waals surface area contributed by atoms with E-state index in [-0.39, 0.29) is 5.71 Å². The van der Waals surface area contributed by atoms with Crippen LogP contribution in [0.4, 0.5) is 0 Å². The molecule has 0 bridgehead atoms. The van der Waals surface area contributed by atoms with Crippen molar-refractivity contribution in [1.82, 2.24) is 0 Å². The molecule has 3 heteroatoms. The summed E-state index contributed by atoms with van der Waals surface area (Å²) in [6.07, 6.45) is 0. The second-order valence-electron chi connectivity index (χ2n) is 0.832. The van der Waals surface area contributed by atoms with E-state index in [2.05, 4.69) is 16.9 Å². The number of hydrogen-bond donors (Lipinski definition) is 0. The average molecular weight is 97.1 g/mol. The summed E-state index contributed by atoms with van der Waals surface area (Å²) < 4.78 is 0. The molecule has 0 fully saturated rings. The zero-order chi connectivity index (χ0) is 5.70. The van der Waals surface area contributed by atoms with Crippen molar-refractivity contribution in [3.05, 3.63) is 6.92 Å². The van der Waals surface area contributed by atoms with E-state index >= 15 is 0 Å². The van der Waals surface area contributed by atoms with E-state index in [0.717, 1.165) is 0 Å². The highest BCUT2D eigenvalue weighted by Crippen LogP contribution is 1.71. The van der Waals surface area contributed by atoms with Gasteiger partial charge in [0.05, 0.1) is 0 Å². The Morgan fingerprint density at radius 2 is 2.57 bits per heavy atom. The Morgan fingerprint density at radius 3 is 2.71 bits per heavy atom. The smallest absolute Gasteiger partial charge is 0.157 e. The lowest BCUT2D eigenvalue weighted by atomic mass is 10.5. The quantitative estimate of drug-likeness (QED) is 0.350. The Hall–Kier alpha value is -1.04. The third-order valence-corrected chi connectivity index (χ3v) is 0.331. The van der Waals surface area contributed by atoms with Gasteiger partial charge in [-0.1, -0.05) is 5.16 Å². The van der Waals surface area contributed by atoms with Gasteiger partial charge < -0.3 is 4.84 Å². The van der Waals surface area contributed by atoms with Crippen molar-refractivity contribution in [1.29, 1.82) is 5.26 Å². The zero-order valence-corrected chi connectivity index (χ0v) is 4.01. The van der Waals surface area contributed by atoms with Gasteiger partial charge in [-0.3, -0.25) is 0 Å². The average Bonchev–Trinajstić information content (AvgIpc) is 1.68. The third-order valence-electron chi connectivity index (χ3n) is 0.331. The SMILES string of the molecule is [CH2]/C(C#N)=N\OC. The van der Waals surface area contributed by atoms with Crippen LogP contribution in [0.3, 0.4) is 0 Å². The minimum absolute atomic E-state index is 0.0856. The molecule has 0 rings (SSSR count). The van der Waals surface area contributed by atoms with Crippen LogP contribution in [0.25, 0.3) is 0 Å². The van der Waals surface area contributed by atoms with Crippen LogP contribution in [0.1, 0.15) is 0 Å². The molecule has 1 radical (unpaired) electrons. The molecule has 3 nitrogen and oxygen atoms in total. The Kier molecular flexibility index (Phi) is 2.69. The number of hydrogen-bond acceptors (Lipinski definition) is 3. The van der Waals surface area contributed by atoms with Crippen molar-refractivity contribution in [2.75, 3.05) is 7.11 Å². The Labute approximate surface area is 42.2 Å². The van der Waals surface area contributed by atoms with Crippen LogP contribution < -0.4 is 0 Å². The van der Waals surface area contributed by atoms with Crippen LogP contribution in [-0.2, 0) is 4.84 Å². The highest BCUT2D eigenvalue weighted by molar-refractivity contribution is 6.01. The lowest BCUT2D eigenvalue weighted by Gasteiger charge is -1.81. The standard InChI is InChI=1S/C4H5N2O/c1-4(3-5)6-7-2/h1H2,2H3/b6-4+. The van der Waals surface area contributed by atoms with Crippen molar-refractivity contribution in [3.8, 4) is 6.07 Å². The summed E-state index contributed by atoms with van der Waals surface area (Å²) in [5.74, 6) is 0. The second-order valence-corrected chi connectivity index (χ2v) is 0.832. The summed E-state index contributed by atoms with van der Waals surface area (Å²) in [5.41, 5.74) is 0.0856. The predicted octanol–water partition coefficient (Wildman–Crippen LogP) is 0.346. The second kappa shape index (κ2) is 3.16. The molecule has 0 aliphatic heterocycles. The molecular weight excluding hydrogens is 92.1 g/mol. The predicted molar refractivity (Wildman–Crippen MR) is 25.4 cm³/mol. The fourth-order valence-corrected chi connectivity index (χ4v) is 0.131. The number of rotatable bonds is 1. The van der Waals surface area contributed by atoms with Gasteiger partial charge >= 0.3 is 0 Å². The van der Waals surface area contributed by atoms with Crippen molar-refractivity contribution < 1.29 is 4.84 Å². The fourth-order valence-electron chi connectivity index (χ4n) is 0.131. The summed E-state index contributed by atoms with van der Waals surface area (Å²) in [7, 11) is 1.36. The molecule has 0 aromatic heterocycles. The van der Waals surface area contributed by atoms with Crippen molar-refractivity contribution in [2.45, 2.75) is 0 Å². The van der Waals surface area contributed by atoms with Gasteiger partial charge in [0.25, 0.3) is 0 Å². The first-order chi connectivity index (χ1) is 3.31. The van der Waals surface area contributed by atoms with E-state index in [1.54, 1.807) is 6.07 Å². The van der Waals surface area contributed by atoms with E-state index in [1.165, 1.54) is 7.11 Å². The van der Waals surface area contributed by atoms with Gasteiger partial charge in [0.1, 0.15) is 13.2 Å². The monoisotopic (exact) mass is 97.0 g/mol. The Balaban J connectivity index is 3.57. The molecule has 0 amide bonds. The molecule has 0 unspecified atom stereocenters. The zero-order valence-electron chi connectivity index (χ0n) is 4.01. The van der Waals surface area contributed by atoms with Crippen LogP contribution in [0, 0.1) is 18.3 Å². The van der Waals surface area contributed by atoms with E-state index in [1.807, 2.05) is 0 Å². The van der Waals surface area contributed by atoms with Crippen molar-refractivity contribution >= 4 is 5.71 Å². The summed E-state index contributed by atoms with van der Waals surface area (Å²) >= 11 is 0. The van der Waals surface area contributed by atoms with Crippen LogP contribution in [0.2, 0.25) is 0 Å². The maximum Gasteiger partial charge on any atom is 0.157 e. The number of nitrogens with zero attached hydrogens (tertiary/aromatic N) is 2. The maximum atomic E-state index is 7.94. The molecule has 0 saturated carbocycles. The fraction of sp³-hybridized carbons (Fsp3) is 0.250. The minimum Gasteiger partial charge on any atom is -0.398 e. The normalized spacial score (nSPS) is 10.1. The van der Waals surface area contributed by atoms with E-state index in [9.17, 15) is 0 Å². The van der Waals surface area contributed by atoms with Crippen LogP contribution in [0.15, 0.2) is 5.16 Å². The van der Waals surface area contributed by atoms with Crippen molar-refractivity contribution in [2.24, 2.45) is 5.16 Å². The Morgan fingerprint density at radius 1 is 2.00 bits per heavy atom. The van der Waals surface area contributed by atoms with Crippen molar-refractivity contribution in [3.63, 3.8) is 0 Å². The Bertz CT molecular complexity index is 111.